The molecule has 0 N–H and O–H groups in total. The number of hydrogen-bond donors (Lipinski definition) is 0. The standard InChI is InChI=1S/C61H44N2/c1-61(2)57-21-10-8-19-53(57)54-35-34-52(40-58(54)61)62(50-32-29-44(30-33-50)47-28-27-41-13-6-7-14-45(41)37-47)51-18-12-15-46(38-51)42-23-25-43(26-24-42)48-31-36-60-56(39-48)55-20-9-11-22-59(55)63(60)49-16-4-3-5-17-49/h3-40H,1-2H3. The van der Waals surface area contributed by atoms with Crippen molar-refractivity contribution in [1.82, 2.24) is 4.57 Å². The summed E-state index contributed by atoms with van der Waals surface area (Å²) in [4.78, 5) is 2.42. The van der Waals surface area contributed by atoms with Gasteiger partial charge in [-0.3, -0.25) is 0 Å². The van der Waals surface area contributed by atoms with Crippen LogP contribution >= 0.6 is 0 Å². The van der Waals surface area contributed by atoms with Crippen molar-refractivity contribution in [3.8, 4) is 50.2 Å². The number of hydrogen-bond acceptors (Lipinski definition) is 1. The molecule has 11 aromatic rings. The lowest BCUT2D eigenvalue weighted by molar-refractivity contribution is 0.660. The first kappa shape index (κ1) is 36.9. The Bertz CT molecular complexity index is 3520. The molecule has 0 bridgehead atoms. The molecule has 1 aromatic heterocycles. The van der Waals surface area contributed by atoms with Gasteiger partial charge >= 0.3 is 0 Å². The molecule has 0 spiro atoms. The smallest absolute Gasteiger partial charge is 0.0541 e. The van der Waals surface area contributed by atoms with Crippen molar-refractivity contribution < 1.29 is 0 Å². The van der Waals surface area contributed by atoms with Crippen LogP contribution in [-0.4, -0.2) is 4.57 Å². The number of anilines is 3. The molecule has 1 aliphatic carbocycles. The van der Waals surface area contributed by atoms with Crippen LogP contribution < -0.4 is 4.90 Å². The summed E-state index contributed by atoms with van der Waals surface area (Å²) in [5.41, 5.74) is 19.4. The van der Waals surface area contributed by atoms with E-state index >= 15 is 0 Å². The summed E-state index contributed by atoms with van der Waals surface area (Å²) < 4.78 is 2.37. The number of para-hydroxylation sites is 2. The lowest BCUT2D eigenvalue weighted by Gasteiger charge is -2.28. The van der Waals surface area contributed by atoms with Crippen LogP contribution in [0.4, 0.5) is 17.1 Å². The van der Waals surface area contributed by atoms with Gasteiger partial charge in [-0.05, 0) is 139 Å². The highest BCUT2D eigenvalue weighted by Crippen LogP contribution is 2.51. The fraction of sp³-hybridized carbons (Fsp3) is 0.0492. The van der Waals surface area contributed by atoms with Crippen molar-refractivity contribution in [2.24, 2.45) is 0 Å². The van der Waals surface area contributed by atoms with Gasteiger partial charge < -0.3 is 9.47 Å². The van der Waals surface area contributed by atoms with Crippen molar-refractivity contribution in [3.05, 3.63) is 242 Å². The van der Waals surface area contributed by atoms with Crippen molar-refractivity contribution in [3.63, 3.8) is 0 Å². The van der Waals surface area contributed by atoms with E-state index in [2.05, 4.69) is 254 Å². The molecule has 0 fully saturated rings. The Morgan fingerprint density at radius 3 is 1.71 bits per heavy atom. The van der Waals surface area contributed by atoms with E-state index in [0.29, 0.717) is 0 Å². The zero-order valence-corrected chi connectivity index (χ0v) is 35.3. The largest absolute Gasteiger partial charge is 0.310 e. The van der Waals surface area contributed by atoms with Crippen LogP contribution in [0.15, 0.2) is 231 Å². The van der Waals surface area contributed by atoms with Gasteiger partial charge in [-0.1, -0.05) is 172 Å². The zero-order valence-electron chi connectivity index (χ0n) is 35.3. The summed E-state index contributed by atoms with van der Waals surface area (Å²) in [5.74, 6) is 0. The van der Waals surface area contributed by atoms with Crippen LogP contribution in [0.5, 0.6) is 0 Å². The van der Waals surface area contributed by atoms with E-state index in [1.165, 1.54) is 93.9 Å². The molecular weight excluding hydrogens is 761 g/mol. The predicted octanol–water partition coefficient (Wildman–Crippen LogP) is 16.7. The van der Waals surface area contributed by atoms with Crippen molar-refractivity contribution in [1.29, 1.82) is 0 Å². The van der Waals surface area contributed by atoms with E-state index in [4.69, 9.17) is 0 Å². The Labute approximate surface area is 368 Å². The van der Waals surface area contributed by atoms with Gasteiger partial charge in [0.2, 0.25) is 0 Å². The molecule has 1 heterocycles. The first-order valence-corrected chi connectivity index (χ1v) is 21.9. The van der Waals surface area contributed by atoms with Crippen molar-refractivity contribution >= 4 is 49.6 Å². The van der Waals surface area contributed by atoms with Crippen LogP contribution in [-0.2, 0) is 5.41 Å². The average molecular weight is 805 g/mol. The molecule has 12 rings (SSSR count). The number of rotatable bonds is 7. The lowest BCUT2D eigenvalue weighted by atomic mass is 9.82. The van der Waals surface area contributed by atoms with Gasteiger partial charge in [-0.2, -0.15) is 0 Å². The first-order chi connectivity index (χ1) is 31.0. The second-order valence-corrected chi connectivity index (χ2v) is 17.4. The topological polar surface area (TPSA) is 8.17 Å². The molecule has 0 unspecified atom stereocenters. The first-order valence-electron chi connectivity index (χ1n) is 21.9. The van der Waals surface area contributed by atoms with Gasteiger partial charge in [0.1, 0.15) is 0 Å². The Morgan fingerprint density at radius 1 is 0.333 bits per heavy atom. The molecule has 0 atom stereocenters. The van der Waals surface area contributed by atoms with E-state index in [-0.39, 0.29) is 5.41 Å². The molecule has 0 aliphatic heterocycles. The molecule has 0 amide bonds. The number of fused-ring (bicyclic) bond motifs is 7. The van der Waals surface area contributed by atoms with Gasteiger partial charge in [0.05, 0.1) is 11.0 Å². The lowest BCUT2D eigenvalue weighted by Crippen LogP contribution is -2.16. The molecule has 2 heteroatoms. The van der Waals surface area contributed by atoms with Crippen molar-refractivity contribution in [2.45, 2.75) is 19.3 Å². The number of benzene rings is 10. The third kappa shape index (κ3) is 6.17. The van der Waals surface area contributed by atoms with Crippen LogP contribution in [0.2, 0.25) is 0 Å². The van der Waals surface area contributed by atoms with Gasteiger partial charge in [-0.25, -0.2) is 0 Å². The summed E-state index contributed by atoms with van der Waals surface area (Å²) >= 11 is 0. The summed E-state index contributed by atoms with van der Waals surface area (Å²) in [6, 6.07) is 84.6. The number of aromatic nitrogens is 1. The predicted molar refractivity (Wildman–Crippen MR) is 267 cm³/mol. The molecule has 1 aliphatic rings. The van der Waals surface area contributed by atoms with E-state index in [9.17, 15) is 0 Å². The minimum absolute atomic E-state index is 0.110. The van der Waals surface area contributed by atoms with Gasteiger partial charge in [0.25, 0.3) is 0 Å². The maximum Gasteiger partial charge on any atom is 0.0541 e. The summed E-state index contributed by atoms with van der Waals surface area (Å²) in [5, 5.41) is 5.02. The van der Waals surface area contributed by atoms with E-state index in [1.54, 1.807) is 0 Å². The van der Waals surface area contributed by atoms with Crippen LogP contribution in [0, 0.1) is 0 Å². The minimum atomic E-state index is -0.110. The minimum Gasteiger partial charge on any atom is -0.310 e. The Hall–Kier alpha value is -7.94. The van der Waals surface area contributed by atoms with E-state index < -0.39 is 0 Å². The fourth-order valence-electron chi connectivity index (χ4n) is 10.1. The Balaban J connectivity index is 0.918. The monoisotopic (exact) mass is 804 g/mol. The normalized spacial score (nSPS) is 12.7. The van der Waals surface area contributed by atoms with Crippen LogP contribution in [0.1, 0.15) is 25.0 Å². The van der Waals surface area contributed by atoms with E-state index in [1.807, 2.05) is 0 Å². The molecule has 10 aromatic carbocycles. The molecule has 63 heavy (non-hydrogen) atoms. The number of nitrogens with zero attached hydrogens (tertiary/aromatic N) is 2. The maximum atomic E-state index is 2.42. The van der Waals surface area contributed by atoms with Crippen molar-refractivity contribution in [2.75, 3.05) is 4.90 Å². The Morgan fingerprint density at radius 2 is 0.905 bits per heavy atom. The third-order valence-electron chi connectivity index (χ3n) is 13.4. The van der Waals surface area contributed by atoms with Crippen LogP contribution in [0.3, 0.4) is 0 Å². The second-order valence-electron chi connectivity index (χ2n) is 17.4. The molecule has 2 nitrogen and oxygen atoms in total. The third-order valence-corrected chi connectivity index (χ3v) is 13.4. The highest BCUT2D eigenvalue weighted by Gasteiger charge is 2.35. The Kier molecular flexibility index (Phi) is 8.55. The fourth-order valence-corrected chi connectivity index (χ4v) is 10.1. The SMILES string of the molecule is CC1(C)c2ccccc2-c2ccc(N(c3ccc(-c4ccc5ccccc5c4)cc3)c3cccc(-c4ccc(-c5ccc6c(c5)c5ccccc5n6-c5ccccc5)cc4)c3)cc21. The summed E-state index contributed by atoms with van der Waals surface area (Å²) in [7, 11) is 0. The highest BCUT2D eigenvalue weighted by atomic mass is 15.1. The molecule has 0 saturated heterocycles. The molecule has 0 saturated carbocycles. The maximum absolute atomic E-state index is 2.42. The van der Waals surface area contributed by atoms with Gasteiger partial charge in [0, 0.05) is 38.9 Å². The van der Waals surface area contributed by atoms with Crippen LogP contribution in [0.25, 0.3) is 82.8 Å². The molecule has 0 radical (unpaired) electrons. The highest BCUT2D eigenvalue weighted by molar-refractivity contribution is 6.10. The van der Waals surface area contributed by atoms with E-state index in [0.717, 1.165) is 17.1 Å². The summed E-state index contributed by atoms with van der Waals surface area (Å²) in [6.07, 6.45) is 0. The van der Waals surface area contributed by atoms with Gasteiger partial charge in [-0.15, -0.1) is 0 Å². The molecular formula is C61H44N2. The van der Waals surface area contributed by atoms with Gasteiger partial charge in [0.15, 0.2) is 0 Å². The average Bonchev–Trinajstić information content (AvgIpc) is 3.79. The quantitative estimate of drug-likeness (QED) is 0.156. The second kappa shape index (κ2) is 14.6. The molecule has 298 valence electrons. The zero-order chi connectivity index (χ0) is 42.1. The summed E-state index contributed by atoms with van der Waals surface area (Å²) in [6.45, 7) is 4.71.